The summed E-state index contributed by atoms with van der Waals surface area (Å²) in [5.41, 5.74) is 11.2. The van der Waals surface area contributed by atoms with E-state index in [-0.39, 0.29) is 0 Å². The topological polar surface area (TPSA) is 29.5 Å². The van der Waals surface area contributed by atoms with E-state index in [0.29, 0.717) is 0 Å². The van der Waals surface area contributed by atoms with Crippen LogP contribution in [0, 0.1) is 0 Å². The minimum atomic E-state index is 0.847. The van der Waals surface area contributed by atoms with E-state index in [2.05, 4.69) is 157 Å². The zero-order valence-electron chi connectivity index (χ0n) is 26.5. The fourth-order valence-electron chi connectivity index (χ4n) is 7.34. The zero-order valence-corrected chi connectivity index (χ0v) is 26.5. The first-order valence-corrected chi connectivity index (χ1v) is 16.6. The third-order valence-corrected chi connectivity index (χ3v) is 9.67. The maximum Gasteiger partial charge on any atom is 0.159 e. The van der Waals surface area contributed by atoms with Crippen LogP contribution in [0.2, 0.25) is 0 Å². The predicted octanol–water partition coefficient (Wildman–Crippen LogP) is 13.4. The minimum absolute atomic E-state index is 0.847. The molecule has 0 spiro atoms. The van der Waals surface area contributed by atoms with Crippen molar-refractivity contribution in [3.05, 3.63) is 176 Å². The molecule has 10 rings (SSSR count). The largest absolute Gasteiger partial charge is 0.456 e. The Morgan fingerprint density at radius 2 is 0.959 bits per heavy atom. The van der Waals surface area contributed by atoms with Crippen LogP contribution < -0.4 is 4.90 Å². The summed E-state index contributed by atoms with van der Waals surface area (Å²) >= 11 is 0. The van der Waals surface area contributed by atoms with Gasteiger partial charge in [-0.05, 0) is 81.6 Å². The number of fused-ring (bicyclic) bond motifs is 7. The first-order chi connectivity index (χ1) is 24.3. The van der Waals surface area contributed by atoms with Gasteiger partial charge in [-0.3, -0.25) is 0 Å². The second-order valence-corrected chi connectivity index (χ2v) is 12.5. The van der Waals surface area contributed by atoms with Crippen LogP contribution in [0.3, 0.4) is 0 Å². The quantitative estimate of drug-likeness (QED) is 0.190. The predicted molar refractivity (Wildman–Crippen MR) is 204 cm³/mol. The lowest BCUT2D eigenvalue weighted by Gasteiger charge is -2.25. The third kappa shape index (κ3) is 4.51. The molecule has 230 valence electrons. The summed E-state index contributed by atoms with van der Waals surface area (Å²) in [6, 6.07) is 62.0. The number of nitrogens with zero attached hydrogens (tertiary/aromatic N) is 1. The molecule has 0 N–H and O–H groups in total. The second-order valence-electron chi connectivity index (χ2n) is 12.5. The molecular weight excluding hydrogens is 599 g/mol. The van der Waals surface area contributed by atoms with Crippen LogP contribution in [0.25, 0.3) is 76.9 Å². The second kappa shape index (κ2) is 11.0. The molecule has 49 heavy (non-hydrogen) atoms. The lowest BCUT2D eigenvalue weighted by atomic mass is 9.95. The van der Waals surface area contributed by atoms with Gasteiger partial charge in [0.2, 0.25) is 0 Å². The number of anilines is 3. The van der Waals surface area contributed by atoms with Crippen molar-refractivity contribution < 1.29 is 8.83 Å². The lowest BCUT2D eigenvalue weighted by Crippen LogP contribution is -2.10. The summed E-state index contributed by atoms with van der Waals surface area (Å²) in [5, 5.41) is 6.91. The molecule has 0 aliphatic carbocycles. The lowest BCUT2D eigenvalue weighted by molar-refractivity contribution is 0.667. The first-order valence-electron chi connectivity index (χ1n) is 16.6. The van der Waals surface area contributed by atoms with E-state index in [4.69, 9.17) is 8.83 Å². The molecule has 10 aromatic rings. The zero-order chi connectivity index (χ0) is 32.3. The molecule has 0 aliphatic rings. The molecule has 0 saturated carbocycles. The normalized spacial score (nSPS) is 11.7. The summed E-state index contributed by atoms with van der Waals surface area (Å²) in [4.78, 5) is 2.27. The van der Waals surface area contributed by atoms with E-state index >= 15 is 0 Å². The molecule has 2 aromatic heterocycles. The van der Waals surface area contributed by atoms with Crippen molar-refractivity contribution in [3.8, 4) is 22.3 Å². The van der Waals surface area contributed by atoms with Crippen LogP contribution >= 0.6 is 0 Å². The van der Waals surface area contributed by atoms with Crippen molar-refractivity contribution in [1.82, 2.24) is 0 Å². The van der Waals surface area contributed by atoms with Gasteiger partial charge in [-0.1, -0.05) is 121 Å². The maximum atomic E-state index is 6.56. The Labute approximate surface area is 282 Å². The van der Waals surface area contributed by atoms with E-state index in [1.807, 2.05) is 24.3 Å². The first kappa shape index (κ1) is 27.5. The highest BCUT2D eigenvalue weighted by molar-refractivity contribution is 6.11. The monoisotopic (exact) mass is 627 g/mol. The molecule has 0 unspecified atom stereocenters. The van der Waals surface area contributed by atoms with Crippen molar-refractivity contribution in [2.45, 2.75) is 0 Å². The number of hydrogen-bond donors (Lipinski definition) is 0. The summed E-state index contributed by atoms with van der Waals surface area (Å²) in [5.74, 6) is 0. The highest BCUT2D eigenvalue weighted by Gasteiger charge is 2.20. The van der Waals surface area contributed by atoms with Gasteiger partial charge in [0, 0.05) is 33.3 Å². The van der Waals surface area contributed by atoms with Crippen LogP contribution in [-0.4, -0.2) is 0 Å². The summed E-state index contributed by atoms with van der Waals surface area (Å²) in [6.07, 6.45) is 0. The summed E-state index contributed by atoms with van der Waals surface area (Å²) < 4.78 is 12.9. The molecule has 0 aliphatic heterocycles. The van der Waals surface area contributed by atoms with Crippen molar-refractivity contribution >= 4 is 71.7 Å². The Kier molecular flexibility index (Phi) is 6.18. The number of furan rings is 2. The average Bonchev–Trinajstić information content (AvgIpc) is 3.74. The van der Waals surface area contributed by atoms with E-state index in [1.54, 1.807) is 0 Å². The highest BCUT2D eigenvalue weighted by atomic mass is 16.3. The van der Waals surface area contributed by atoms with Crippen LogP contribution in [0.5, 0.6) is 0 Å². The van der Waals surface area contributed by atoms with Gasteiger partial charge in [-0.25, -0.2) is 0 Å². The molecule has 3 heteroatoms. The summed E-state index contributed by atoms with van der Waals surface area (Å²) in [7, 11) is 0. The van der Waals surface area contributed by atoms with E-state index < -0.39 is 0 Å². The molecule has 0 amide bonds. The maximum absolute atomic E-state index is 6.56. The Morgan fingerprint density at radius 1 is 0.347 bits per heavy atom. The summed E-state index contributed by atoms with van der Waals surface area (Å²) in [6.45, 7) is 0. The van der Waals surface area contributed by atoms with Gasteiger partial charge in [0.15, 0.2) is 5.58 Å². The van der Waals surface area contributed by atoms with Gasteiger partial charge in [0.25, 0.3) is 0 Å². The Bertz CT molecular complexity index is 2830. The van der Waals surface area contributed by atoms with Crippen molar-refractivity contribution in [2.24, 2.45) is 0 Å². The number of para-hydroxylation sites is 3. The Hall–Kier alpha value is -6.58. The SMILES string of the molecule is c1cc(-c2ccc(N(c3ccc4c(c3)oc3ccccc34)c3cccc4c3oc3ccccc34)cc2)cc(-c2cccc3ccccc23)c1. The van der Waals surface area contributed by atoms with Gasteiger partial charge >= 0.3 is 0 Å². The van der Waals surface area contributed by atoms with E-state index in [1.165, 1.54) is 27.5 Å². The Morgan fingerprint density at radius 3 is 1.82 bits per heavy atom. The molecule has 3 nitrogen and oxygen atoms in total. The number of benzene rings is 8. The number of rotatable bonds is 5. The molecule has 0 atom stereocenters. The third-order valence-electron chi connectivity index (χ3n) is 9.67. The average molecular weight is 628 g/mol. The van der Waals surface area contributed by atoms with E-state index in [9.17, 15) is 0 Å². The van der Waals surface area contributed by atoms with Crippen LogP contribution in [0.1, 0.15) is 0 Å². The van der Waals surface area contributed by atoms with Crippen LogP contribution in [0.15, 0.2) is 185 Å². The molecular formula is C46H29NO2. The minimum Gasteiger partial charge on any atom is -0.456 e. The molecule has 2 heterocycles. The fraction of sp³-hybridized carbons (Fsp3) is 0. The van der Waals surface area contributed by atoms with E-state index in [0.717, 1.165) is 66.5 Å². The molecule has 0 bridgehead atoms. The van der Waals surface area contributed by atoms with Crippen LogP contribution in [0.4, 0.5) is 17.1 Å². The molecule has 8 aromatic carbocycles. The van der Waals surface area contributed by atoms with Gasteiger partial charge < -0.3 is 13.7 Å². The van der Waals surface area contributed by atoms with Gasteiger partial charge in [0.05, 0.1) is 11.4 Å². The molecule has 0 saturated heterocycles. The number of hydrogen-bond acceptors (Lipinski definition) is 3. The van der Waals surface area contributed by atoms with Crippen molar-refractivity contribution in [1.29, 1.82) is 0 Å². The van der Waals surface area contributed by atoms with Crippen molar-refractivity contribution in [3.63, 3.8) is 0 Å². The van der Waals surface area contributed by atoms with Crippen LogP contribution in [-0.2, 0) is 0 Å². The van der Waals surface area contributed by atoms with Crippen molar-refractivity contribution in [2.75, 3.05) is 4.90 Å². The highest BCUT2D eigenvalue weighted by Crippen LogP contribution is 2.44. The molecule has 0 fully saturated rings. The van der Waals surface area contributed by atoms with Gasteiger partial charge in [0.1, 0.15) is 16.7 Å². The smallest absolute Gasteiger partial charge is 0.159 e. The van der Waals surface area contributed by atoms with Gasteiger partial charge in [-0.15, -0.1) is 0 Å². The fourth-order valence-corrected chi connectivity index (χ4v) is 7.34. The standard InChI is InChI=1S/C46H29NO2/c1-2-14-36-31(10-1)11-8-17-37(36)33-13-7-12-32(28-33)30-22-24-34(25-23-30)47(35-26-27-40-38-15-3-5-20-43(38)48-45(40)29-35)42-19-9-18-41-39-16-4-6-21-44(39)49-46(41)42/h1-29H. The Balaban J connectivity index is 1.11. The molecule has 0 radical (unpaired) electrons. The van der Waals surface area contributed by atoms with Gasteiger partial charge in [-0.2, -0.15) is 0 Å².